The maximum absolute atomic E-state index is 14.3. The first kappa shape index (κ1) is 29.0. The molecular formula is C32H36N2O6. The van der Waals surface area contributed by atoms with E-state index in [9.17, 15) is 19.5 Å². The number of ether oxygens (including phenoxy) is 2. The maximum Gasteiger partial charge on any atom is 0.417 e. The minimum absolute atomic E-state index is 0.0297. The van der Waals surface area contributed by atoms with E-state index in [0.29, 0.717) is 5.56 Å². The highest BCUT2D eigenvalue weighted by Crippen LogP contribution is 2.33. The molecule has 3 atom stereocenters. The normalized spacial score (nSPS) is 17.6. The van der Waals surface area contributed by atoms with Crippen LogP contribution in [-0.2, 0) is 27.2 Å². The summed E-state index contributed by atoms with van der Waals surface area (Å²) < 4.78 is 10.8. The third-order valence-electron chi connectivity index (χ3n) is 6.89. The summed E-state index contributed by atoms with van der Waals surface area (Å²) >= 11 is 0. The summed E-state index contributed by atoms with van der Waals surface area (Å²) in [5.41, 5.74) is 0.599. The lowest BCUT2D eigenvalue weighted by atomic mass is 9.83. The summed E-state index contributed by atoms with van der Waals surface area (Å²) in [5, 5.41) is 14.5. The van der Waals surface area contributed by atoms with E-state index >= 15 is 0 Å². The number of imide groups is 1. The van der Waals surface area contributed by atoms with Gasteiger partial charge >= 0.3 is 12.1 Å². The van der Waals surface area contributed by atoms with Crippen molar-refractivity contribution in [3.8, 4) is 0 Å². The maximum atomic E-state index is 14.3. The van der Waals surface area contributed by atoms with Crippen LogP contribution in [0.25, 0.3) is 0 Å². The van der Waals surface area contributed by atoms with Crippen LogP contribution in [0.3, 0.4) is 0 Å². The Kier molecular flexibility index (Phi) is 8.71. The summed E-state index contributed by atoms with van der Waals surface area (Å²) in [6, 6.07) is 24.8. The predicted octanol–water partition coefficient (Wildman–Crippen LogP) is 4.81. The number of rotatable bonds is 9. The number of nitrogens with one attached hydrogen (secondary N) is 1. The van der Waals surface area contributed by atoms with E-state index in [4.69, 9.17) is 9.47 Å². The lowest BCUT2D eigenvalue weighted by Gasteiger charge is -2.39. The van der Waals surface area contributed by atoms with Crippen LogP contribution in [0.4, 0.5) is 4.79 Å². The molecule has 1 aliphatic heterocycles. The fourth-order valence-electron chi connectivity index (χ4n) is 4.74. The SMILES string of the molecule is C[C@H](O)[C@](Cc1ccccc1)(NCc1ccc(C(=O)OC(C)(C)C)cc1)C(=O)N1C(=O)OC[C@@H]1c1ccccc1. The van der Waals surface area contributed by atoms with Gasteiger partial charge in [0.2, 0.25) is 0 Å². The van der Waals surface area contributed by atoms with Crippen LogP contribution in [0, 0.1) is 0 Å². The van der Waals surface area contributed by atoms with Crippen molar-refractivity contribution in [2.45, 2.75) is 63.9 Å². The van der Waals surface area contributed by atoms with Crippen molar-refractivity contribution in [3.63, 3.8) is 0 Å². The molecule has 3 aromatic rings. The molecule has 8 heteroatoms. The molecule has 0 bridgehead atoms. The van der Waals surface area contributed by atoms with E-state index in [2.05, 4.69) is 5.32 Å². The topological polar surface area (TPSA) is 105 Å². The van der Waals surface area contributed by atoms with Gasteiger partial charge in [0.15, 0.2) is 0 Å². The van der Waals surface area contributed by atoms with Gasteiger partial charge in [0.1, 0.15) is 23.8 Å². The molecule has 2 amide bonds. The molecule has 0 radical (unpaired) electrons. The Hall–Kier alpha value is -4.01. The van der Waals surface area contributed by atoms with Crippen molar-refractivity contribution in [1.29, 1.82) is 0 Å². The predicted molar refractivity (Wildman–Crippen MR) is 150 cm³/mol. The molecule has 0 unspecified atom stereocenters. The molecule has 0 aliphatic carbocycles. The third-order valence-corrected chi connectivity index (χ3v) is 6.89. The standard InChI is InChI=1S/C32H36N2O6/c1-22(35)32(19-23-11-7-5-8-12-23,29(37)34-27(21-39-30(34)38)25-13-9-6-10-14-25)33-20-24-15-17-26(18-16-24)28(36)40-31(2,3)4/h5-18,22,27,33,35H,19-21H2,1-4H3/t22-,27+,32-/m0/s1. The van der Waals surface area contributed by atoms with Crippen LogP contribution in [0.2, 0.25) is 0 Å². The first-order chi connectivity index (χ1) is 19.0. The highest BCUT2D eigenvalue weighted by Gasteiger charge is 2.51. The third kappa shape index (κ3) is 6.58. The number of hydrogen-bond donors (Lipinski definition) is 2. The van der Waals surface area contributed by atoms with Crippen molar-refractivity contribution >= 4 is 18.0 Å². The Morgan fingerprint density at radius 2 is 1.57 bits per heavy atom. The van der Waals surface area contributed by atoms with E-state index in [1.165, 1.54) is 0 Å². The van der Waals surface area contributed by atoms with Crippen molar-refractivity contribution in [2.24, 2.45) is 0 Å². The second-order valence-corrected chi connectivity index (χ2v) is 11.0. The van der Waals surface area contributed by atoms with Gasteiger partial charge in [-0.05, 0) is 56.5 Å². The first-order valence-electron chi connectivity index (χ1n) is 13.3. The van der Waals surface area contributed by atoms with E-state index in [1.54, 1.807) is 52.0 Å². The molecule has 1 aliphatic rings. The van der Waals surface area contributed by atoms with Crippen molar-refractivity contribution in [2.75, 3.05) is 6.61 Å². The van der Waals surface area contributed by atoms with Crippen LogP contribution < -0.4 is 5.32 Å². The Morgan fingerprint density at radius 1 is 0.975 bits per heavy atom. The van der Waals surface area contributed by atoms with Crippen molar-refractivity contribution in [3.05, 3.63) is 107 Å². The van der Waals surface area contributed by atoms with Crippen LogP contribution in [0.15, 0.2) is 84.9 Å². The van der Waals surface area contributed by atoms with E-state index in [-0.39, 0.29) is 19.6 Å². The average molecular weight is 545 g/mol. The van der Waals surface area contributed by atoms with Crippen LogP contribution in [-0.4, -0.2) is 51.8 Å². The summed E-state index contributed by atoms with van der Waals surface area (Å²) in [7, 11) is 0. The molecule has 1 fully saturated rings. The van der Waals surface area contributed by atoms with E-state index in [1.807, 2.05) is 60.7 Å². The van der Waals surface area contributed by atoms with Crippen LogP contribution in [0.5, 0.6) is 0 Å². The Balaban J connectivity index is 1.65. The number of nitrogens with zero attached hydrogens (tertiary/aromatic N) is 1. The molecule has 1 heterocycles. The van der Waals surface area contributed by atoms with Crippen LogP contribution >= 0.6 is 0 Å². The van der Waals surface area contributed by atoms with Gasteiger partial charge in [-0.1, -0.05) is 72.8 Å². The second kappa shape index (κ2) is 12.0. The zero-order valence-corrected chi connectivity index (χ0v) is 23.3. The Bertz CT molecular complexity index is 1320. The number of carbonyl (C=O) groups excluding carboxylic acids is 3. The van der Waals surface area contributed by atoms with Crippen LogP contribution in [0.1, 0.15) is 60.8 Å². The van der Waals surface area contributed by atoms with Gasteiger partial charge in [-0.3, -0.25) is 10.1 Å². The van der Waals surface area contributed by atoms with Gasteiger partial charge in [-0.25, -0.2) is 14.5 Å². The van der Waals surface area contributed by atoms with Gasteiger partial charge in [0, 0.05) is 13.0 Å². The molecule has 4 rings (SSSR count). The highest BCUT2D eigenvalue weighted by atomic mass is 16.6. The number of cyclic esters (lactones) is 1. The van der Waals surface area contributed by atoms with Gasteiger partial charge in [-0.15, -0.1) is 0 Å². The number of carbonyl (C=O) groups is 3. The Morgan fingerprint density at radius 3 is 2.15 bits per heavy atom. The quantitative estimate of drug-likeness (QED) is 0.372. The fourth-order valence-corrected chi connectivity index (χ4v) is 4.74. The molecule has 210 valence electrons. The fraction of sp³-hybridized carbons (Fsp3) is 0.344. The van der Waals surface area contributed by atoms with E-state index < -0.39 is 41.3 Å². The second-order valence-electron chi connectivity index (χ2n) is 11.0. The number of aliphatic hydroxyl groups excluding tert-OH is 1. The lowest BCUT2D eigenvalue weighted by molar-refractivity contribution is -0.141. The monoisotopic (exact) mass is 544 g/mol. The smallest absolute Gasteiger partial charge is 0.417 e. The number of hydrogen-bond acceptors (Lipinski definition) is 7. The lowest BCUT2D eigenvalue weighted by Crippen LogP contribution is -2.65. The van der Waals surface area contributed by atoms with E-state index in [0.717, 1.165) is 21.6 Å². The van der Waals surface area contributed by atoms with Gasteiger partial charge in [-0.2, -0.15) is 0 Å². The van der Waals surface area contributed by atoms with Gasteiger partial charge < -0.3 is 14.6 Å². The summed E-state index contributed by atoms with van der Waals surface area (Å²) in [4.78, 5) is 40.8. The molecule has 0 saturated carbocycles. The number of benzene rings is 3. The summed E-state index contributed by atoms with van der Waals surface area (Å²) in [5.74, 6) is -1.00. The first-order valence-corrected chi connectivity index (χ1v) is 13.3. The summed E-state index contributed by atoms with van der Waals surface area (Å²) in [6.45, 7) is 7.18. The molecule has 40 heavy (non-hydrogen) atoms. The summed E-state index contributed by atoms with van der Waals surface area (Å²) in [6.07, 6.45) is -1.79. The van der Waals surface area contributed by atoms with Gasteiger partial charge in [0.25, 0.3) is 5.91 Å². The zero-order valence-electron chi connectivity index (χ0n) is 23.3. The molecule has 3 aromatic carbocycles. The minimum atomic E-state index is -1.55. The largest absolute Gasteiger partial charge is 0.456 e. The minimum Gasteiger partial charge on any atom is -0.456 e. The number of amides is 2. The zero-order chi connectivity index (χ0) is 28.9. The molecule has 1 saturated heterocycles. The van der Waals surface area contributed by atoms with Crippen molar-refractivity contribution < 1.29 is 29.0 Å². The Labute approximate surface area is 234 Å². The molecular weight excluding hydrogens is 508 g/mol. The molecule has 0 spiro atoms. The van der Waals surface area contributed by atoms with Crippen molar-refractivity contribution in [1.82, 2.24) is 10.2 Å². The number of esters is 1. The van der Waals surface area contributed by atoms with Gasteiger partial charge in [0.05, 0.1) is 11.7 Å². The molecule has 0 aromatic heterocycles. The molecule has 8 nitrogen and oxygen atoms in total. The average Bonchev–Trinajstić information content (AvgIpc) is 3.32. The molecule has 2 N–H and O–H groups in total. The highest BCUT2D eigenvalue weighted by molar-refractivity contribution is 5.99. The number of aliphatic hydroxyl groups is 1.